The number of nitrogens with zero attached hydrogens (tertiary/aromatic N) is 13. The van der Waals surface area contributed by atoms with Gasteiger partial charge < -0.3 is 0 Å². The summed E-state index contributed by atoms with van der Waals surface area (Å²) in [7, 11) is 0. The minimum Gasteiger partial charge on any atom is -0.259 e. The van der Waals surface area contributed by atoms with Crippen LogP contribution in [0.5, 0.6) is 0 Å². The monoisotopic (exact) mass is 411 g/mol. The number of rotatable bonds is 6. The van der Waals surface area contributed by atoms with Gasteiger partial charge in [-0.25, -0.2) is 50.6 Å². The van der Waals surface area contributed by atoms with Crippen molar-refractivity contribution in [1.82, 2.24) is 30.9 Å². The van der Waals surface area contributed by atoms with E-state index in [2.05, 4.69) is 5.10 Å². The largest absolute Gasteiger partial charge is 0.440 e. The summed E-state index contributed by atoms with van der Waals surface area (Å²) in [5, 5.41) is 55.6. The highest BCUT2D eigenvalue weighted by molar-refractivity contribution is 5.77. The van der Waals surface area contributed by atoms with Gasteiger partial charge in [-0.15, -0.1) is 0 Å². The molecule has 0 radical (unpaired) electrons. The SMILES string of the molecule is O=[N+]([O-])C=C1N([N+](=O)[O-])N2N(N1[N+](=O)[O-])N([N+](=O)[O-])C(=N[N+](=O)[O-])N2[N+](=O)[O-]. The van der Waals surface area contributed by atoms with Crippen LogP contribution >= 0.6 is 0 Å². The van der Waals surface area contributed by atoms with Gasteiger partial charge in [-0.2, -0.15) is 0 Å². The molecule has 0 unspecified atom stereocenters. The molecule has 2 aliphatic heterocycles. The third-order valence-corrected chi connectivity index (χ3v) is 2.62. The highest BCUT2D eigenvalue weighted by Crippen LogP contribution is 2.36. The molecule has 28 heavy (non-hydrogen) atoms. The highest BCUT2D eigenvalue weighted by atomic mass is 16.8. The van der Waals surface area contributed by atoms with Gasteiger partial charge in [0.1, 0.15) is 15.6 Å². The maximum absolute atomic E-state index is 11.2. The zero-order valence-electron chi connectivity index (χ0n) is 12.3. The molecule has 0 aromatic heterocycles. The molecular weight excluding hydrogens is 410 g/mol. The molecule has 0 atom stereocenters. The van der Waals surface area contributed by atoms with E-state index in [0.29, 0.717) is 0 Å². The Morgan fingerprint density at radius 2 is 1.00 bits per heavy atom. The molecule has 25 heteroatoms. The quantitative estimate of drug-likeness (QED) is 0.306. The number of fused-ring (bicyclic) bond motifs is 1. The van der Waals surface area contributed by atoms with Crippen molar-refractivity contribution in [3.05, 3.63) is 72.7 Å². The fourth-order valence-corrected chi connectivity index (χ4v) is 1.89. The Kier molecular flexibility index (Phi) is 4.36. The summed E-state index contributed by atoms with van der Waals surface area (Å²) >= 11 is 0. The molecule has 0 aromatic rings. The second-order valence-electron chi connectivity index (χ2n) is 4.06. The van der Waals surface area contributed by atoms with Gasteiger partial charge in [-0.3, -0.25) is 10.1 Å². The van der Waals surface area contributed by atoms with E-state index in [9.17, 15) is 60.7 Å². The third-order valence-electron chi connectivity index (χ3n) is 2.62. The van der Waals surface area contributed by atoms with Gasteiger partial charge in [-0.1, -0.05) is 0 Å². The van der Waals surface area contributed by atoms with Crippen molar-refractivity contribution in [1.29, 1.82) is 0 Å². The first-order valence-electron chi connectivity index (χ1n) is 5.86. The van der Waals surface area contributed by atoms with E-state index in [-0.39, 0.29) is 6.20 Å². The molecule has 0 bridgehead atoms. The van der Waals surface area contributed by atoms with Crippen molar-refractivity contribution in [3.63, 3.8) is 0 Å². The standard InChI is InChI=1S/C3HN13O12/c17-5(18)1-2-6(13(21)22)11-8(15(25)26)3(4-10(19)20)9(16(27)28)12(11)7(2)14(23)24/h1H. The molecule has 0 aromatic carbocycles. The molecule has 0 spiro atoms. The first-order chi connectivity index (χ1) is 12.9. The maximum atomic E-state index is 11.2. The van der Waals surface area contributed by atoms with E-state index in [1.54, 1.807) is 0 Å². The van der Waals surface area contributed by atoms with E-state index in [0.717, 1.165) is 0 Å². The molecular formula is C3HN13O12. The Labute approximate surface area is 146 Å². The average molecular weight is 411 g/mol. The average Bonchev–Trinajstić information content (AvgIpc) is 2.95. The smallest absolute Gasteiger partial charge is 0.259 e. The van der Waals surface area contributed by atoms with Crippen LogP contribution in [-0.2, 0) is 0 Å². The first kappa shape index (κ1) is 19.3. The van der Waals surface area contributed by atoms with E-state index < -0.39 is 72.8 Å². The Morgan fingerprint density at radius 3 is 1.25 bits per heavy atom. The molecule has 2 saturated heterocycles. The van der Waals surface area contributed by atoms with Crippen molar-refractivity contribution in [3.8, 4) is 0 Å². The van der Waals surface area contributed by atoms with Crippen LogP contribution < -0.4 is 0 Å². The van der Waals surface area contributed by atoms with E-state index in [1.165, 1.54) is 0 Å². The lowest BCUT2D eigenvalue weighted by Crippen LogP contribution is -2.55. The van der Waals surface area contributed by atoms with Gasteiger partial charge in [0, 0.05) is 0 Å². The summed E-state index contributed by atoms with van der Waals surface area (Å²) in [5.74, 6) is -3.50. The van der Waals surface area contributed by atoms with Crippen molar-refractivity contribution >= 4 is 5.96 Å². The number of hydrogen-bond donors (Lipinski definition) is 0. The van der Waals surface area contributed by atoms with E-state index in [1.807, 2.05) is 0 Å². The number of nitro groups is 6. The van der Waals surface area contributed by atoms with Crippen molar-refractivity contribution < 1.29 is 30.1 Å². The highest BCUT2D eigenvalue weighted by Gasteiger charge is 2.75. The number of hydrazone groups is 1. The molecule has 2 fully saturated rings. The predicted octanol–water partition coefficient (Wildman–Crippen LogP) is -3.21. The lowest BCUT2D eigenvalue weighted by Gasteiger charge is -2.15. The summed E-state index contributed by atoms with van der Waals surface area (Å²) in [6.45, 7) is 0. The molecule has 0 amide bonds. The van der Waals surface area contributed by atoms with Crippen LogP contribution in [0.1, 0.15) is 0 Å². The van der Waals surface area contributed by atoms with Crippen LogP contribution in [0.4, 0.5) is 0 Å². The second kappa shape index (κ2) is 6.34. The van der Waals surface area contributed by atoms with Gasteiger partial charge in [0.2, 0.25) is 0 Å². The molecule has 2 heterocycles. The Bertz CT molecular complexity index is 743. The summed E-state index contributed by atoms with van der Waals surface area (Å²) in [5.41, 5.74) is 0. The molecule has 0 N–H and O–H groups in total. The van der Waals surface area contributed by atoms with Crippen LogP contribution in [0.2, 0.25) is 0 Å². The number of hydrazine groups is 9. The number of guanidine groups is 1. The fourth-order valence-electron chi connectivity index (χ4n) is 1.89. The van der Waals surface area contributed by atoms with Gasteiger partial charge >= 0.3 is 11.8 Å². The lowest BCUT2D eigenvalue weighted by molar-refractivity contribution is -0.801. The van der Waals surface area contributed by atoms with Crippen LogP contribution in [0, 0.1) is 60.7 Å². The minimum atomic E-state index is -1.86. The summed E-state index contributed by atoms with van der Waals surface area (Å²) in [4.78, 5) is 64.6. The van der Waals surface area contributed by atoms with E-state index >= 15 is 0 Å². The van der Waals surface area contributed by atoms with Crippen molar-refractivity contribution in [2.75, 3.05) is 0 Å². The van der Waals surface area contributed by atoms with Crippen LogP contribution in [-0.4, -0.2) is 67.0 Å². The van der Waals surface area contributed by atoms with Crippen LogP contribution in [0.3, 0.4) is 0 Å². The summed E-state index contributed by atoms with van der Waals surface area (Å²) in [6, 6.07) is 0. The summed E-state index contributed by atoms with van der Waals surface area (Å²) < 4.78 is 0. The van der Waals surface area contributed by atoms with Crippen LogP contribution in [0.15, 0.2) is 17.1 Å². The normalized spacial score (nSPS) is 16.9. The third kappa shape index (κ3) is 2.76. The molecule has 2 rings (SSSR count). The molecule has 150 valence electrons. The predicted molar refractivity (Wildman–Crippen MR) is 68.5 cm³/mol. The molecule has 25 nitrogen and oxygen atoms in total. The fraction of sp³-hybridized carbons (Fsp3) is 0. The van der Waals surface area contributed by atoms with Gasteiger partial charge in [0.15, 0.2) is 25.2 Å². The second-order valence-corrected chi connectivity index (χ2v) is 4.06. The zero-order chi connectivity index (χ0) is 21.5. The summed E-state index contributed by atoms with van der Waals surface area (Å²) in [6.07, 6.45) is -0.371. The Balaban J connectivity index is 2.87. The minimum absolute atomic E-state index is 0.371. The van der Waals surface area contributed by atoms with Gasteiger partial charge in [0.25, 0.3) is 6.20 Å². The van der Waals surface area contributed by atoms with Crippen LogP contribution in [0.25, 0.3) is 0 Å². The van der Waals surface area contributed by atoms with Crippen molar-refractivity contribution in [2.24, 2.45) is 5.10 Å². The van der Waals surface area contributed by atoms with Gasteiger partial charge in [-0.05, 0) is 0 Å². The zero-order valence-corrected chi connectivity index (χ0v) is 12.3. The topological polar surface area (TPSA) is 291 Å². The van der Waals surface area contributed by atoms with Crippen molar-refractivity contribution in [2.45, 2.75) is 0 Å². The first-order valence-corrected chi connectivity index (χ1v) is 5.86. The Hall–Kier alpha value is -5.07. The maximum Gasteiger partial charge on any atom is 0.440 e. The molecule has 0 saturated carbocycles. The van der Waals surface area contributed by atoms with E-state index in [4.69, 9.17) is 0 Å². The lowest BCUT2D eigenvalue weighted by atomic mass is 10.7. The Morgan fingerprint density at radius 1 is 0.643 bits per heavy atom. The molecule has 0 aliphatic carbocycles. The number of hydrogen-bond acceptors (Lipinski definition) is 14. The van der Waals surface area contributed by atoms with Gasteiger partial charge in [0.05, 0.1) is 25.4 Å². The molecule has 2 aliphatic rings.